The third kappa shape index (κ3) is 3.36. The van der Waals surface area contributed by atoms with Crippen molar-refractivity contribution in [2.45, 2.75) is 12.5 Å². The topological polar surface area (TPSA) is 80.9 Å². The van der Waals surface area contributed by atoms with E-state index >= 15 is 0 Å². The van der Waals surface area contributed by atoms with Crippen LogP contribution in [0.25, 0.3) is 0 Å². The summed E-state index contributed by atoms with van der Waals surface area (Å²) < 4.78 is 0. The molecule has 0 fully saturated rings. The van der Waals surface area contributed by atoms with Crippen molar-refractivity contribution >= 4 is 11.7 Å². The van der Waals surface area contributed by atoms with Gasteiger partial charge in [0.1, 0.15) is 12.1 Å². The van der Waals surface area contributed by atoms with Crippen LogP contribution in [0.2, 0.25) is 0 Å². The number of nitrogens with zero attached hydrogens (tertiary/aromatic N) is 2. The average molecular weight is 242 g/mol. The number of anilines is 1. The second kappa shape index (κ2) is 5.88. The Morgan fingerprint density at radius 2 is 2.06 bits per heavy atom. The van der Waals surface area contributed by atoms with Crippen molar-refractivity contribution in [1.82, 2.24) is 9.97 Å². The predicted octanol–water partition coefficient (Wildman–Crippen LogP) is 0.985. The van der Waals surface area contributed by atoms with Crippen LogP contribution in [0, 0.1) is 0 Å². The average Bonchev–Trinajstić information content (AvgIpc) is 2.41. The Morgan fingerprint density at radius 1 is 1.28 bits per heavy atom. The Morgan fingerprint density at radius 3 is 2.72 bits per heavy atom. The van der Waals surface area contributed by atoms with Gasteiger partial charge in [-0.15, -0.1) is 0 Å². The van der Waals surface area contributed by atoms with Crippen molar-refractivity contribution in [3.8, 4) is 0 Å². The molecular formula is C13H14N4O. The fourth-order valence-corrected chi connectivity index (χ4v) is 1.54. The van der Waals surface area contributed by atoms with E-state index < -0.39 is 6.04 Å². The summed E-state index contributed by atoms with van der Waals surface area (Å²) in [6.45, 7) is 0. The number of hydrogen-bond donors (Lipinski definition) is 2. The maximum atomic E-state index is 11.8. The number of carbonyl (C=O) groups is 1. The van der Waals surface area contributed by atoms with Crippen molar-refractivity contribution in [3.63, 3.8) is 0 Å². The van der Waals surface area contributed by atoms with Gasteiger partial charge in [-0.25, -0.2) is 9.97 Å². The molecule has 0 radical (unpaired) electrons. The first kappa shape index (κ1) is 12.2. The molecule has 1 amide bonds. The number of carbonyl (C=O) groups excluding carboxylic acids is 1. The van der Waals surface area contributed by atoms with Gasteiger partial charge in [0.25, 0.3) is 0 Å². The van der Waals surface area contributed by atoms with Crippen LogP contribution in [0.5, 0.6) is 0 Å². The molecule has 1 heterocycles. The molecular weight excluding hydrogens is 228 g/mol. The molecule has 0 bridgehead atoms. The zero-order valence-corrected chi connectivity index (χ0v) is 9.78. The zero-order valence-electron chi connectivity index (χ0n) is 9.78. The van der Waals surface area contributed by atoms with Gasteiger partial charge in [-0.3, -0.25) is 4.79 Å². The van der Waals surface area contributed by atoms with Crippen LogP contribution in [-0.2, 0) is 11.2 Å². The molecule has 2 rings (SSSR count). The van der Waals surface area contributed by atoms with Crippen LogP contribution in [-0.4, -0.2) is 21.9 Å². The molecule has 0 saturated carbocycles. The Bertz CT molecular complexity index is 501. The van der Waals surface area contributed by atoms with Crippen molar-refractivity contribution in [2.24, 2.45) is 5.73 Å². The molecule has 0 aliphatic rings. The lowest BCUT2D eigenvalue weighted by Crippen LogP contribution is -2.37. The highest BCUT2D eigenvalue weighted by molar-refractivity contribution is 5.93. The summed E-state index contributed by atoms with van der Waals surface area (Å²) in [5.74, 6) is 0.205. The molecule has 3 N–H and O–H groups in total. The van der Waals surface area contributed by atoms with E-state index in [1.807, 2.05) is 30.3 Å². The Kier molecular flexibility index (Phi) is 3.98. The van der Waals surface area contributed by atoms with E-state index in [0.717, 1.165) is 5.56 Å². The highest BCUT2D eigenvalue weighted by Crippen LogP contribution is 2.04. The number of nitrogens with two attached hydrogens (primary N) is 1. The van der Waals surface area contributed by atoms with Crippen LogP contribution in [0.15, 0.2) is 48.9 Å². The maximum Gasteiger partial charge on any atom is 0.242 e. The molecule has 0 aliphatic heterocycles. The van der Waals surface area contributed by atoms with Gasteiger partial charge in [0.2, 0.25) is 5.91 Å². The van der Waals surface area contributed by atoms with Gasteiger partial charge in [-0.05, 0) is 18.1 Å². The Labute approximate surface area is 105 Å². The summed E-state index contributed by atoms with van der Waals surface area (Å²) in [6.07, 6.45) is 3.43. The monoisotopic (exact) mass is 242 g/mol. The van der Waals surface area contributed by atoms with Crippen LogP contribution in [0.4, 0.5) is 5.82 Å². The number of hydrogen-bond acceptors (Lipinski definition) is 4. The lowest BCUT2D eigenvalue weighted by atomic mass is 10.1. The first-order valence-corrected chi connectivity index (χ1v) is 5.62. The largest absolute Gasteiger partial charge is 0.320 e. The third-order valence-corrected chi connectivity index (χ3v) is 2.47. The van der Waals surface area contributed by atoms with E-state index in [4.69, 9.17) is 5.73 Å². The van der Waals surface area contributed by atoms with Crippen molar-refractivity contribution in [1.29, 1.82) is 0 Å². The number of benzene rings is 1. The van der Waals surface area contributed by atoms with E-state index in [0.29, 0.717) is 12.2 Å². The molecule has 2 aromatic rings. The van der Waals surface area contributed by atoms with Crippen LogP contribution in [0.3, 0.4) is 0 Å². The second-order valence-electron chi connectivity index (χ2n) is 3.88. The quantitative estimate of drug-likeness (QED) is 0.837. The minimum absolute atomic E-state index is 0.252. The smallest absolute Gasteiger partial charge is 0.242 e. The number of rotatable bonds is 4. The highest BCUT2D eigenvalue weighted by Gasteiger charge is 2.14. The number of amides is 1. The van der Waals surface area contributed by atoms with E-state index in [9.17, 15) is 4.79 Å². The molecule has 0 aliphatic carbocycles. The molecule has 18 heavy (non-hydrogen) atoms. The van der Waals surface area contributed by atoms with Gasteiger partial charge >= 0.3 is 0 Å². The van der Waals surface area contributed by atoms with Crippen LogP contribution in [0.1, 0.15) is 5.56 Å². The van der Waals surface area contributed by atoms with Crippen molar-refractivity contribution in [2.75, 3.05) is 5.32 Å². The predicted molar refractivity (Wildman–Crippen MR) is 68.8 cm³/mol. The maximum absolute atomic E-state index is 11.8. The van der Waals surface area contributed by atoms with Crippen molar-refractivity contribution in [3.05, 3.63) is 54.5 Å². The summed E-state index contributed by atoms with van der Waals surface area (Å²) >= 11 is 0. The fraction of sp³-hybridized carbons (Fsp3) is 0.154. The van der Waals surface area contributed by atoms with Crippen LogP contribution >= 0.6 is 0 Å². The molecule has 0 unspecified atom stereocenters. The van der Waals surface area contributed by atoms with Crippen molar-refractivity contribution < 1.29 is 4.79 Å². The molecule has 1 aromatic heterocycles. The molecule has 92 valence electrons. The standard InChI is InChI=1S/C13H14N4O/c14-11(8-10-4-2-1-3-5-10)13(18)17-12-6-7-15-9-16-12/h1-7,9,11H,8,14H2,(H,15,16,17,18)/t11-/m0/s1. The number of aromatic nitrogens is 2. The molecule has 1 atom stereocenters. The molecule has 1 aromatic carbocycles. The van der Waals surface area contributed by atoms with Gasteiger partial charge in [0.05, 0.1) is 6.04 Å². The normalized spacial score (nSPS) is 11.8. The summed E-state index contributed by atoms with van der Waals surface area (Å²) in [7, 11) is 0. The summed E-state index contributed by atoms with van der Waals surface area (Å²) in [6, 6.07) is 10.7. The second-order valence-corrected chi connectivity index (χ2v) is 3.88. The highest BCUT2D eigenvalue weighted by atomic mass is 16.2. The third-order valence-electron chi connectivity index (χ3n) is 2.47. The Balaban J connectivity index is 1.93. The first-order chi connectivity index (χ1) is 8.75. The van der Waals surface area contributed by atoms with Gasteiger partial charge in [-0.1, -0.05) is 30.3 Å². The molecule has 5 nitrogen and oxygen atoms in total. The minimum Gasteiger partial charge on any atom is -0.320 e. The van der Waals surface area contributed by atoms with E-state index in [-0.39, 0.29) is 5.91 Å². The summed E-state index contributed by atoms with van der Waals surface area (Å²) in [5, 5.41) is 2.65. The van der Waals surface area contributed by atoms with Crippen LogP contribution < -0.4 is 11.1 Å². The first-order valence-electron chi connectivity index (χ1n) is 5.62. The fourth-order valence-electron chi connectivity index (χ4n) is 1.54. The molecule has 0 saturated heterocycles. The summed E-state index contributed by atoms with van der Waals surface area (Å²) in [4.78, 5) is 19.5. The Hall–Kier alpha value is -2.27. The van der Waals surface area contributed by atoms with Gasteiger partial charge in [-0.2, -0.15) is 0 Å². The molecule has 5 heteroatoms. The minimum atomic E-state index is -0.595. The lowest BCUT2D eigenvalue weighted by Gasteiger charge is -2.11. The van der Waals surface area contributed by atoms with E-state index in [2.05, 4.69) is 15.3 Å². The van der Waals surface area contributed by atoms with E-state index in [1.165, 1.54) is 6.33 Å². The molecule has 0 spiro atoms. The van der Waals surface area contributed by atoms with E-state index in [1.54, 1.807) is 12.3 Å². The van der Waals surface area contributed by atoms with Gasteiger partial charge in [0.15, 0.2) is 0 Å². The number of nitrogens with one attached hydrogen (secondary N) is 1. The van der Waals surface area contributed by atoms with Gasteiger partial charge in [0, 0.05) is 6.20 Å². The SMILES string of the molecule is N[C@@H](Cc1ccccc1)C(=O)Nc1ccncn1. The summed E-state index contributed by atoms with van der Waals surface area (Å²) in [5.41, 5.74) is 6.87. The van der Waals surface area contributed by atoms with Gasteiger partial charge < -0.3 is 11.1 Å². The lowest BCUT2D eigenvalue weighted by molar-refractivity contribution is -0.117. The zero-order chi connectivity index (χ0) is 12.8.